The lowest BCUT2D eigenvalue weighted by atomic mass is 9.82. The van der Waals surface area contributed by atoms with Crippen LogP contribution in [0.25, 0.3) is 0 Å². The summed E-state index contributed by atoms with van der Waals surface area (Å²) in [5, 5.41) is 9.17. The fourth-order valence-electron chi connectivity index (χ4n) is 1.85. The number of hydrogen-bond acceptors (Lipinski definition) is 1. The number of allylic oxidation sites excluding steroid dienone is 3. The normalized spacial score (nSPS) is 27.9. The topological polar surface area (TPSA) is 37.3 Å². The molecule has 0 saturated carbocycles. The Morgan fingerprint density at radius 1 is 1.25 bits per heavy atom. The highest BCUT2D eigenvalue weighted by Crippen LogP contribution is 2.41. The minimum atomic E-state index is -0.984. The number of rotatable bonds is 2. The summed E-state index contributed by atoms with van der Waals surface area (Å²) >= 11 is 6.44. The fourth-order valence-corrected chi connectivity index (χ4v) is 2.21. The Morgan fingerprint density at radius 3 is 2.56 bits per heavy atom. The molecule has 1 aliphatic rings. The van der Waals surface area contributed by atoms with Gasteiger partial charge in [-0.15, -0.1) is 11.6 Å². The second-order valence-corrected chi connectivity index (χ2v) is 4.32. The maximum absolute atomic E-state index is 11.2. The zero-order valence-corrected chi connectivity index (χ0v) is 9.26. The number of carboxylic acid groups (broad SMARTS) is 1. The third-order valence-electron chi connectivity index (χ3n) is 2.69. The van der Waals surface area contributed by atoms with Gasteiger partial charge in [-0.3, -0.25) is 4.79 Å². The third-order valence-corrected chi connectivity index (χ3v) is 3.27. The molecule has 2 unspecified atom stereocenters. The van der Waals surface area contributed by atoms with Gasteiger partial charge >= 0.3 is 5.97 Å². The minimum Gasteiger partial charge on any atom is -0.481 e. The van der Waals surface area contributed by atoms with E-state index in [-0.39, 0.29) is 0 Å². The molecule has 82 valence electrons. The molecule has 1 aromatic rings. The van der Waals surface area contributed by atoms with Crippen molar-refractivity contribution in [3.63, 3.8) is 0 Å². The average Bonchev–Trinajstić information content (AvgIpc) is 2.30. The van der Waals surface area contributed by atoms with Crippen molar-refractivity contribution in [3.8, 4) is 0 Å². The van der Waals surface area contributed by atoms with Crippen molar-refractivity contribution in [3.05, 3.63) is 60.2 Å². The Hall–Kier alpha value is -1.54. The summed E-state index contributed by atoms with van der Waals surface area (Å²) in [5.74, 6) is -1.65. The molecule has 1 aliphatic carbocycles. The molecule has 0 bridgehead atoms. The summed E-state index contributed by atoms with van der Waals surface area (Å²) in [7, 11) is 0. The van der Waals surface area contributed by atoms with Gasteiger partial charge in [0, 0.05) is 0 Å². The highest BCUT2D eigenvalue weighted by molar-refractivity contribution is 6.27. The molecule has 0 amide bonds. The van der Waals surface area contributed by atoms with E-state index in [2.05, 4.69) is 0 Å². The molecule has 0 fully saturated rings. The van der Waals surface area contributed by atoms with Crippen molar-refractivity contribution in [2.24, 2.45) is 5.92 Å². The molecule has 2 nitrogen and oxygen atoms in total. The lowest BCUT2D eigenvalue weighted by Gasteiger charge is -2.30. The van der Waals surface area contributed by atoms with Gasteiger partial charge in [0.05, 0.1) is 0 Å². The van der Waals surface area contributed by atoms with Crippen LogP contribution in [0.15, 0.2) is 54.6 Å². The maximum Gasteiger partial charge on any atom is 0.312 e. The van der Waals surface area contributed by atoms with Crippen LogP contribution in [0.2, 0.25) is 0 Å². The molecule has 0 aliphatic heterocycles. The minimum absolute atomic E-state index is 0.735. The molecule has 0 heterocycles. The van der Waals surface area contributed by atoms with Crippen LogP contribution < -0.4 is 0 Å². The summed E-state index contributed by atoms with van der Waals surface area (Å²) in [5.41, 5.74) is 0.796. The standard InChI is InChI=1S/C13H11ClO2/c14-13(10-6-2-1-3-7-10)9-5-4-8-11(13)12(15)16/h1-9,11H,(H,15,16). The summed E-state index contributed by atoms with van der Waals surface area (Å²) in [4.78, 5) is 10.2. The average molecular weight is 235 g/mol. The van der Waals surface area contributed by atoms with E-state index < -0.39 is 16.8 Å². The van der Waals surface area contributed by atoms with E-state index in [1.54, 1.807) is 24.3 Å². The van der Waals surface area contributed by atoms with E-state index in [4.69, 9.17) is 16.7 Å². The lowest BCUT2D eigenvalue weighted by molar-refractivity contribution is -0.140. The molecule has 2 rings (SSSR count). The number of halogens is 1. The zero-order valence-electron chi connectivity index (χ0n) is 8.51. The Morgan fingerprint density at radius 2 is 1.94 bits per heavy atom. The molecule has 0 saturated heterocycles. The molecule has 0 radical (unpaired) electrons. The number of aliphatic carboxylic acids is 1. The molecular formula is C13H11ClO2. The Kier molecular flexibility index (Phi) is 2.84. The highest BCUT2D eigenvalue weighted by Gasteiger charge is 2.40. The number of carbonyl (C=O) groups is 1. The van der Waals surface area contributed by atoms with Crippen molar-refractivity contribution in [1.82, 2.24) is 0 Å². The Labute approximate surface area is 98.9 Å². The van der Waals surface area contributed by atoms with Crippen molar-refractivity contribution in [2.75, 3.05) is 0 Å². The van der Waals surface area contributed by atoms with Gasteiger partial charge < -0.3 is 5.11 Å². The Bertz CT molecular complexity index is 450. The predicted octanol–water partition coefficient (Wildman–Crippen LogP) is 2.95. The van der Waals surface area contributed by atoms with Crippen LogP contribution in [0.1, 0.15) is 5.56 Å². The summed E-state index contributed by atoms with van der Waals surface area (Å²) in [6.45, 7) is 0. The Balaban J connectivity index is 2.47. The summed E-state index contributed by atoms with van der Waals surface area (Å²) in [6, 6.07) is 9.26. The summed E-state index contributed by atoms with van der Waals surface area (Å²) in [6.07, 6.45) is 6.83. The van der Waals surface area contributed by atoms with Crippen molar-refractivity contribution < 1.29 is 9.90 Å². The van der Waals surface area contributed by atoms with Gasteiger partial charge in [0.15, 0.2) is 0 Å². The van der Waals surface area contributed by atoms with Gasteiger partial charge in [-0.1, -0.05) is 54.6 Å². The van der Waals surface area contributed by atoms with Crippen LogP contribution in [0.5, 0.6) is 0 Å². The van der Waals surface area contributed by atoms with Crippen molar-refractivity contribution in [2.45, 2.75) is 4.87 Å². The quantitative estimate of drug-likeness (QED) is 0.799. The van der Waals surface area contributed by atoms with Crippen LogP contribution in [0.4, 0.5) is 0 Å². The van der Waals surface area contributed by atoms with E-state index in [0.29, 0.717) is 0 Å². The highest BCUT2D eigenvalue weighted by atomic mass is 35.5. The molecule has 3 heteroatoms. The number of benzene rings is 1. The smallest absolute Gasteiger partial charge is 0.312 e. The molecular weight excluding hydrogens is 224 g/mol. The van der Waals surface area contributed by atoms with Gasteiger partial charge in [0.2, 0.25) is 0 Å². The zero-order chi connectivity index (χ0) is 11.6. The van der Waals surface area contributed by atoms with Crippen molar-refractivity contribution in [1.29, 1.82) is 0 Å². The lowest BCUT2D eigenvalue weighted by Crippen LogP contribution is -2.33. The van der Waals surface area contributed by atoms with Gasteiger partial charge in [-0.25, -0.2) is 0 Å². The predicted molar refractivity (Wildman–Crippen MR) is 63.4 cm³/mol. The van der Waals surface area contributed by atoms with Crippen LogP contribution in [-0.2, 0) is 9.67 Å². The first-order valence-electron chi connectivity index (χ1n) is 4.98. The molecule has 0 spiro atoms. The molecule has 1 aromatic carbocycles. The molecule has 1 N–H and O–H groups in total. The first kappa shape index (κ1) is 11.0. The second-order valence-electron chi connectivity index (χ2n) is 3.69. The van der Waals surface area contributed by atoms with E-state index in [1.165, 1.54) is 0 Å². The SMILES string of the molecule is O=C(O)C1C=CC=CC1(Cl)c1ccccc1. The second kappa shape index (κ2) is 4.14. The molecule has 16 heavy (non-hydrogen) atoms. The van der Waals surface area contributed by atoms with Crippen molar-refractivity contribution >= 4 is 17.6 Å². The number of alkyl halides is 1. The fraction of sp³-hybridized carbons (Fsp3) is 0.154. The number of hydrogen-bond donors (Lipinski definition) is 1. The molecule has 2 atom stereocenters. The first-order valence-corrected chi connectivity index (χ1v) is 5.35. The largest absolute Gasteiger partial charge is 0.481 e. The van der Waals surface area contributed by atoms with E-state index in [1.807, 2.05) is 30.3 Å². The van der Waals surface area contributed by atoms with E-state index >= 15 is 0 Å². The maximum atomic E-state index is 11.2. The third kappa shape index (κ3) is 1.76. The number of carboxylic acids is 1. The van der Waals surface area contributed by atoms with Gasteiger partial charge in [0.1, 0.15) is 10.8 Å². The van der Waals surface area contributed by atoms with Crippen LogP contribution >= 0.6 is 11.6 Å². The van der Waals surface area contributed by atoms with E-state index in [9.17, 15) is 4.79 Å². The van der Waals surface area contributed by atoms with Gasteiger partial charge in [-0.2, -0.15) is 0 Å². The van der Waals surface area contributed by atoms with Gasteiger partial charge in [-0.05, 0) is 5.56 Å². The first-order chi connectivity index (χ1) is 7.64. The molecule has 0 aromatic heterocycles. The monoisotopic (exact) mass is 234 g/mol. The van der Waals surface area contributed by atoms with E-state index in [0.717, 1.165) is 5.56 Å². The van der Waals surface area contributed by atoms with Gasteiger partial charge in [0.25, 0.3) is 0 Å². The van der Waals surface area contributed by atoms with Crippen LogP contribution in [0, 0.1) is 5.92 Å². The van der Waals surface area contributed by atoms with Crippen LogP contribution in [-0.4, -0.2) is 11.1 Å². The van der Waals surface area contributed by atoms with Crippen LogP contribution in [0.3, 0.4) is 0 Å². The summed E-state index contributed by atoms with van der Waals surface area (Å²) < 4.78 is 0.